The molecule has 0 saturated carbocycles. The van der Waals surface area contributed by atoms with Gasteiger partial charge in [0.05, 0.1) is 5.57 Å². The van der Waals surface area contributed by atoms with E-state index >= 15 is 0 Å². The van der Waals surface area contributed by atoms with Crippen molar-refractivity contribution in [1.29, 1.82) is 0 Å². The van der Waals surface area contributed by atoms with E-state index in [4.69, 9.17) is 16.0 Å². The van der Waals surface area contributed by atoms with Crippen molar-refractivity contribution < 1.29 is 19.1 Å². The predicted octanol–water partition coefficient (Wildman–Crippen LogP) is 6.47. The maximum atomic E-state index is 13.3. The molecule has 1 atom stereocenters. The van der Waals surface area contributed by atoms with Crippen molar-refractivity contribution >= 4 is 34.7 Å². The van der Waals surface area contributed by atoms with Gasteiger partial charge in [-0.15, -0.1) is 0 Å². The number of aliphatic hydroxyl groups is 1. The van der Waals surface area contributed by atoms with Crippen LogP contribution in [0, 0.1) is 13.8 Å². The van der Waals surface area contributed by atoms with E-state index in [1.165, 1.54) is 4.90 Å². The van der Waals surface area contributed by atoms with E-state index in [0.717, 1.165) is 11.1 Å². The third-order valence-corrected chi connectivity index (χ3v) is 6.19. The van der Waals surface area contributed by atoms with Crippen LogP contribution >= 0.6 is 11.6 Å². The van der Waals surface area contributed by atoms with E-state index in [1.54, 1.807) is 43.3 Å². The van der Waals surface area contributed by atoms with Gasteiger partial charge < -0.3 is 9.52 Å². The Morgan fingerprint density at radius 1 is 1.00 bits per heavy atom. The average Bonchev–Trinajstić information content (AvgIpc) is 3.29. The third-order valence-electron chi connectivity index (χ3n) is 5.94. The quantitative estimate of drug-likeness (QED) is 0.274. The van der Waals surface area contributed by atoms with Crippen LogP contribution in [0.25, 0.3) is 5.76 Å². The van der Waals surface area contributed by atoms with Crippen LogP contribution in [0.2, 0.25) is 5.02 Å². The number of halogens is 1. The van der Waals surface area contributed by atoms with Crippen molar-refractivity contribution in [2.75, 3.05) is 4.90 Å². The minimum absolute atomic E-state index is 0.00143. The number of aryl methyl sites for hydroxylation is 2. The van der Waals surface area contributed by atoms with Gasteiger partial charge >= 0.3 is 0 Å². The minimum Gasteiger partial charge on any atom is -0.507 e. The number of furan rings is 1. The van der Waals surface area contributed by atoms with Crippen LogP contribution in [-0.4, -0.2) is 16.8 Å². The first kappa shape index (κ1) is 22.9. The number of nitrogens with zero attached hydrogens (tertiary/aromatic N) is 1. The Balaban J connectivity index is 1.96. The van der Waals surface area contributed by atoms with E-state index in [2.05, 4.69) is 20.8 Å². The van der Waals surface area contributed by atoms with Gasteiger partial charge in [0.15, 0.2) is 0 Å². The van der Waals surface area contributed by atoms with E-state index in [-0.39, 0.29) is 16.7 Å². The molecular weight excluding hydrogens is 438 g/mol. The zero-order valence-corrected chi connectivity index (χ0v) is 20.0. The molecule has 0 bridgehead atoms. The molecule has 1 amide bonds. The average molecular weight is 464 g/mol. The lowest BCUT2D eigenvalue weighted by atomic mass is 9.84. The monoisotopic (exact) mass is 463 g/mol. The molecule has 170 valence electrons. The molecule has 0 spiro atoms. The molecule has 2 aromatic carbocycles. The number of benzene rings is 2. The molecule has 0 radical (unpaired) electrons. The molecule has 2 heterocycles. The number of anilines is 1. The highest BCUT2D eigenvalue weighted by atomic mass is 35.5. The van der Waals surface area contributed by atoms with Gasteiger partial charge in [0, 0.05) is 16.3 Å². The SMILES string of the molecule is Cc1ccc(C2/C(=C(\O)c3cc(C(C)(C)C)ccc3C)C(=O)C(=O)N2c2ccc(Cl)cc2)o1. The smallest absolute Gasteiger partial charge is 0.300 e. The molecule has 0 aliphatic carbocycles. The van der Waals surface area contributed by atoms with Crippen molar-refractivity contribution in [2.24, 2.45) is 0 Å². The Labute approximate surface area is 198 Å². The minimum atomic E-state index is -0.905. The molecule has 1 aromatic heterocycles. The van der Waals surface area contributed by atoms with E-state index in [9.17, 15) is 14.7 Å². The highest BCUT2D eigenvalue weighted by Gasteiger charge is 2.48. The lowest BCUT2D eigenvalue weighted by Gasteiger charge is -2.24. The van der Waals surface area contributed by atoms with Crippen LogP contribution in [0.4, 0.5) is 5.69 Å². The van der Waals surface area contributed by atoms with Gasteiger partial charge in [-0.25, -0.2) is 0 Å². The molecule has 3 aromatic rings. The largest absolute Gasteiger partial charge is 0.507 e. The van der Waals surface area contributed by atoms with Crippen LogP contribution in [0.3, 0.4) is 0 Å². The van der Waals surface area contributed by atoms with Gasteiger partial charge in [-0.2, -0.15) is 0 Å². The molecule has 1 unspecified atom stereocenters. The molecule has 6 heteroatoms. The fourth-order valence-electron chi connectivity index (χ4n) is 4.06. The lowest BCUT2D eigenvalue weighted by molar-refractivity contribution is -0.132. The Morgan fingerprint density at radius 3 is 2.24 bits per heavy atom. The molecule has 1 saturated heterocycles. The van der Waals surface area contributed by atoms with Crippen molar-refractivity contribution in [3.05, 3.63) is 93.4 Å². The zero-order chi connectivity index (χ0) is 24.1. The summed E-state index contributed by atoms with van der Waals surface area (Å²) in [4.78, 5) is 27.8. The summed E-state index contributed by atoms with van der Waals surface area (Å²) in [6.07, 6.45) is 0. The summed E-state index contributed by atoms with van der Waals surface area (Å²) in [7, 11) is 0. The normalized spacial score (nSPS) is 18.2. The Kier molecular flexibility index (Phi) is 5.71. The maximum absolute atomic E-state index is 13.3. The molecule has 1 aliphatic heterocycles. The molecule has 5 nitrogen and oxygen atoms in total. The molecule has 1 aliphatic rings. The number of rotatable bonds is 3. The van der Waals surface area contributed by atoms with Crippen LogP contribution < -0.4 is 4.90 Å². The van der Waals surface area contributed by atoms with Crippen molar-refractivity contribution in [1.82, 2.24) is 0 Å². The second-order valence-electron chi connectivity index (χ2n) is 9.37. The van der Waals surface area contributed by atoms with Gasteiger partial charge in [0.25, 0.3) is 11.7 Å². The Hall–Kier alpha value is -3.31. The highest BCUT2D eigenvalue weighted by Crippen LogP contribution is 2.43. The standard InChI is InChI=1S/C27H26ClNO4/c1-15-6-8-17(27(3,4)5)14-20(15)24(30)22-23(21-13-7-16(2)33-21)29(26(32)25(22)31)19-11-9-18(28)10-12-19/h6-14,23,30H,1-5H3/b24-22+. The summed E-state index contributed by atoms with van der Waals surface area (Å²) >= 11 is 6.03. The number of hydrogen-bond acceptors (Lipinski definition) is 4. The van der Waals surface area contributed by atoms with Gasteiger partial charge in [-0.05, 0) is 72.9 Å². The first-order valence-electron chi connectivity index (χ1n) is 10.7. The van der Waals surface area contributed by atoms with Gasteiger partial charge in [0.2, 0.25) is 0 Å². The topological polar surface area (TPSA) is 70.8 Å². The molecule has 1 fully saturated rings. The summed E-state index contributed by atoms with van der Waals surface area (Å²) < 4.78 is 5.85. The molecular formula is C27H26ClNO4. The predicted molar refractivity (Wildman–Crippen MR) is 130 cm³/mol. The highest BCUT2D eigenvalue weighted by molar-refractivity contribution is 6.51. The summed E-state index contributed by atoms with van der Waals surface area (Å²) in [6, 6.07) is 15.0. The van der Waals surface area contributed by atoms with Gasteiger partial charge in [-0.1, -0.05) is 44.5 Å². The number of Topliss-reactive ketones (excluding diaryl/α,β-unsaturated/α-hetero) is 1. The van der Waals surface area contributed by atoms with E-state index < -0.39 is 17.7 Å². The van der Waals surface area contributed by atoms with Crippen molar-refractivity contribution in [3.8, 4) is 0 Å². The third kappa shape index (κ3) is 4.09. The molecule has 33 heavy (non-hydrogen) atoms. The van der Waals surface area contributed by atoms with Gasteiger partial charge in [0.1, 0.15) is 23.3 Å². The summed E-state index contributed by atoms with van der Waals surface area (Å²) in [5.41, 5.74) is 2.65. The maximum Gasteiger partial charge on any atom is 0.300 e. The lowest BCUT2D eigenvalue weighted by Crippen LogP contribution is -2.29. The first-order chi connectivity index (χ1) is 15.5. The number of aliphatic hydroxyl groups excluding tert-OH is 1. The molecule has 1 N–H and O–H groups in total. The fraction of sp³-hybridized carbons (Fsp3) is 0.259. The van der Waals surface area contributed by atoms with E-state index in [0.29, 0.717) is 27.8 Å². The summed E-state index contributed by atoms with van der Waals surface area (Å²) in [6.45, 7) is 9.88. The summed E-state index contributed by atoms with van der Waals surface area (Å²) in [5, 5.41) is 12.0. The Bertz CT molecular complexity index is 1280. The fourth-order valence-corrected chi connectivity index (χ4v) is 4.18. The summed E-state index contributed by atoms with van der Waals surface area (Å²) in [5.74, 6) is -0.678. The van der Waals surface area contributed by atoms with Gasteiger partial charge in [-0.3, -0.25) is 14.5 Å². The second-order valence-corrected chi connectivity index (χ2v) is 9.81. The van der Waals surface area contributed by atoms with Crippen LogP contribution in [0.15, 0.2) is 64.6 Å². The van der Waals surface area contributed by atoms with E-state index in [1.807, 2.05) is 25.1 Å². The van der Waals surface area contributed by atoms with Crippen molar-refractivity contribution in [3.63, 3.8) is 0 Å². The van der Waals surface area contributed by atoms with Crippen LogP contribution in [0.1, 0.15) is 55.0 Å². The number of carbonyl (C=O) groups is 2. The second kappa shape index (κ2) is 8.23. The van der Waals surface area contributed by atoms with Crippen molar-refractivity contribution in [2.45, 2.75) is 46.1 Å². The number of amides is 1. The number of ketones is 1. The number of carbonyl (C=O) groups excluding carboxylic acids is 2. The first-order valence-corrected chi connectivity index (χ1v) is 11.1. The molecule has 4 rings (SSSR count). The zero-order valence-electron chi connectivity index (χ0n) is 19.3. The van der Waals surface area contributed by atoms with Crippen LogP contribution in [-0.2, 0) is 15.0 Å². The van der Waals surface area contributed by atoms with Crippen LogP contribution in [0.5, 0.6) is 0 Å². The number of hydrogen-bond donors (Lipinski definition) is 1. The Morgan fingerprint density at radius 2 is 1.67 bits per heavy atom.